The maximum atomic E-state index is 4.66. The highest BCUT2D eigenvalue weighted by Crippen LogP contribution is 2.15. The van der Waals surface area contributed by atoms with Gasteiger partial charge in [-0.05, 0) is 63.7 Å². The Hall–Kier alpha value is -1.42. The second kappa shape index (κ2) is 12.2. The SMILES string of the molecule is CCNC(=NCc1nnc2ccccn12)NCCCCN1CCCC(C)C1.I. The number of guanidine groups is 1. The number of fused-ring (bicyclic) bond motifs is 1. The second-order valence-electron chi connectivity index (χ2n) is 7.42. The summed E-state index contributed by atoms with van der Waals surface area (Å²) in [5.74, 6) is 2.55. The third kappa shape index (κ3) is 6.88. The number of piperidine rings is 1. The van der Waals surface area contributed by atoms with Gasteiger partial charge in [-0.15, -0.1) is 34.2 Å². The van der Waals surface area contributed by atoms with Crippen LogP contribution in [-0.4, -0.2) is 58.2 Å². The van der Waals surface area contributed by atoms with Gasteiger partial charge in [0.05, 0.1) is 0 Å². The highest BCUT2D eigenvalue weighted by molar-refractivity contribution is 14.0. The maximum Gasteiger partial charge on any atom is 0.191 e. The molecule has 2 N–H and O–H groups in total. The van der Waals surface area contributed by atoms with Gasteiger partial charge >= 0.3 is 0 Å². The molecule has 0 aliphatic carbocycles. The largest absolute Gasteiger partial charge is 0.357 e. The topological polar surface area (TPSA) is 69.8 Å². The van der Waals surface area contributed by atoms with E-state index < -0.39 is 0 Å². The number of nitrogens with one attached hydrogen (secondary N) is 2. The van der Waals surface area contributed by atoms with Gasteiger partial charge in [-0.25, -0.2) is 4.99 Å². The molecule has 156 valence electrons. The minimum absolute atomic E-state index is 0. The summed E-state index contributed by atoms with van der Waals surface area (Å²) in [6.07, 6.45) is 7.11. The molecule has 0 aromatic carbocycles. The Balaban J connectivity index is 0.00000280. The van der Waals surface area contributed by atoms with Gasteiger partial charge in [-0.3, -0.25) is 4.40 Å². The summed E-state index contributed by atoms with van der Waals surface area (Å²) in [7, 11) is 0. The highest BCUT2D eigenvalue weighted by Gasteiger charge is 2.15. The second-order valence-corrected chi connectivity index (χ2v) is 7.42. The van der Waals surface area contributed by atoms with Gasteiger partial charge in [0.15, 0.2) is 17.4 Å². The molecule has 0 saturated carbocycles. The monoisotopic (exact) mass is 499 g/mol. The molecular formula is C20H34IN7. The van der Waals surface area contributed by atoms with Crippen LogP contribution in [0.2, 0.25) is 0 Å². The predicted octanol–water partition coefficient (Wildman–Crippen LogP) is 2.91. The van der Waals surface area contributed by atoms with E-state index in [-0.39, 0.29) is 24.0 Å². The number of rotatable bonds is 8. The highest BCUT2D eigenvalue weighted by atomic mass is 127. The van der Waals surface area contributed by atoms with Crippen molar-refractivity contribution < 1.29 is 0 Å². The third-order valence-electron chi connectivity index (χ3n) is 5.04. The Labute approximate surface area is 185 Å². The molecule has 0 bridgehead atoms. The number of unbranched alkanes of at least 4 members (excludes halogenated alkanes) is 1. The lowest BCUT2D eigenvalue weighted by atomic mass is 10.0. The summed E-state index contributed by atoms with van der Waals surface area (Å²) in [4.78, 5) is 7.28. The molecule has 1 atom stereocenters. The van der Waals surface area contributed by atoms with E-state index in [1.165, 1.54) is 38.9 Å². The number of pyridine rings is 1. The van der Waals surface area contributed by atoms with Crippen LogP contribution in [0.25, 0.3) is 5.65 Å². The number of aromatic nitrogens is 3. The maximum absolute atomic E-state index is 4.66. The first-order chi connectivity index (χ1) is 13.3. The van der Waals surface area contributed by atoms with Gasteiger partial charge in [0.25, 0.3) is 0 Å². The van der Waals surface area contributed by atoms with E-state index >= 15 is 0 Å². The van der Waals surface area contributed by atoms with E-state index in [0.29, 0.717) is 6.54 Å². The van der Waals surface area contributed by atoms with E-state index in [1.54, 1.807) is 0 Å². The molecule has 8 heteroatoms. The van der Waals surface area contributed by atoms with E-state index in [9.17, 15) is 0 Å². The molecule has 0 spiro atoms. The van der Waals surface area contributed by atoms with Crippen LogP contribution in [0.5, 0.6) is 0 Å². The number of likely N-dealkylation sites (tertiary alicyclic amines) is 1. The number of aliphatic imine (C=N–C) groups is 1. The molecule has 2 aromatic rings. The molecule has 1 aliphatic rings. The Kier molecular flexibility index (Phi) is 9.97. The van der Waals surface area contributed by atoms with Crippen molar-refractivity contribution in [3.8, 4) is 0 Å². The van der Waals surface area contributed by atoms with Crippen LogP contribution in [0, 0.1) is 5.92 Å². The Bertz CT molecular complexity index is 730. The standard InChI is InChI=1S/C20H33N7.HI/c1-3-21-20(22-11-5-7-12-26-13-8-9-17(2)16-26)23-15-19-25-24-18-10-4-6-14-27(18)19;/h4,6,10,14,17H,3,5,7-9,11-13,15-16H2,1-2H3,(H2,21,22,23);1H. The van der Waals surface area contributed by atoms with Crippen molar-refractivity contribution in [1.29, 1.82) is 0 Å². The van der Waals surface area contributed by atoms with Gasteiger partial charge in [-0.2, -0.15) is 0 Å². The lowest BCUT2D eigenvalue weighted by molar-refractivity contribution is 0.181. The molecule has 1 fully saturated rings. The van der Waals surface area contributed by atoms with Crippen LogP contribution in [0.15, 0.2) is 29.4 Å². The zero-order valence-electron chi connectivity index (χ0n) is 17.1. The minimum Gasteiger partial charge on any atom is -0.357 e. The number of nitrogens with zero attached hydrogens (tertiary/aromatic N) is 5. The van der Waals surface area contributed by atoms with Gasteiger partial charge in [-0.1, -0.05) is 13.0 Å². The Morgan fingerprint density at radius 3 is 2.96 bits per heavy atom. The van der Waals surface area contributed by atoms with Crippen molar-refractivity contribution in [2.45, 2.75) is 46.1 Å². The van der Waals surface area contributed by atoms with Gasteiger partial charge in [0, 0.05) is 25.8 Å². The Morgan fingerprint density at radius 1 is 1.25 bits per heavy atom. The van der Waals surface area contributed by atoms with Crippen molar-refractivity contribution in [2.75, 3.05) is 32.7 Å². The van der Waals surface area contributed by atoms with E-state index in [2.05, 4.69) is 44.6 Å². The first-order valence-electron chi connectivity index (χ1n) is 10.3. The van der Waals surface area contributed by atoms with Gasteiger partial charge in [0.1, 0.15) is 6.54 Å². The van der Waals surface area contributed by atoms with Crippen LogP contribution in [-0.2, 0) is 6.54 Å². The van der Waals surface area contributed by atoms with Crippen LogP contribution in [0.1, 0.15) is 45.4 Å². The van der Waals surface area contributed by atoms with E-state index in [1.807, 2.05) is 28.8 Å². The Morgan fingerprint density at radius 2 is 2.14 bits per heavy atom. The van der Waals surface area contributed by atoms with Crippen molar-refractivity contribution in [3.05, 3.63) is 30.2 Å². The van der Waals surface area contributed by atoms with Crippen LogP contribution in [0.3, 0.4) is 0 Å². The normalized spacial score (nSPS) is 18.1. The van der Waals surface area contributed by atoms with Crippen LogP contribution in [0.4, 0.5) is 0 Å². The molecule has 2 aromatic heterocycles. The summed E-state index contributed by atoms with van der Waals surface area (Å²) < 4.78 is 1.98. The third-order valence-corrected chi connectivity index (χ3v) is 5.04. The fraction of sp³-hybridized carbons (Fsp3) is 0.650. The molecule has 0 radical (unpaired) electrons. The quantitative estimate of drug-likeness (QED) is 0.253. The zero-order chi connectivity index (χ0) is 18.9. The number of hydrogen-bond acceptors (Lipinski definition) is 4. The summed E-state index contributed by atoms with van der Waals surface area (Å²) >= 11 is 0. The average molecular weight is 499 g/mol. The molecule has 0 amide bonds. The molecular weight excluding hydrogens is 465 g/mol. The lowest BCUT2D eigenvalue weighted by Gasteiger charge is -2.30. The van der Waals surface area contributed by atoms with Crippen molar-refractivity contribution in [3.63, 3.8) is 0 Å². The molecule has 3 heterocycles. The van der Waals surface area contributed by atoms with Gasteiger partial charge in [0.2, 0.25) is 0 Å². The predicted molar refractivity (Wildman–Crippen MR) is 125 cm³/mol. The smallest absolute Gasteiger partial charge is 0.191 e. The molecule has 1 unspecified atom stereocenters. The number of hydrogen-bond donors (Lipinski definition) is 2. The van der Waals surface area contributed by atoms with Gasteiger partial charge < -0.3 is 15.5 Å². The van der Waals surface area contributed by atoms with Crippen molar-refractivity contribution in [2.24, 2.45) is 10.9 Å². The summed E-state index contributed by atoms with van der Waals surface area (Å²) in [5, 5.41) is 15.2. The average Bonchev–Trinajstić information content (AvgIpc) is 3.09. The summed E-state index contributed by atoms with van der Waals surface area (Å²) in [6.45, 7) is 10.5. The summed E-state index contributed by atoms with van der Waals surface area (Å²) in [5.41, 5.74) is 0.854. The molecule has 7 nitrogen and oxygen atoms in total. The fourth-order valence-corrected chi connectivity index (χ4v) is 3.65. The first kappa shape index (κ1) is 22.9. The van der Waals surface area contributed by atoms with E-state index in [4.69, 9.17) is 0 Å². The minimum atomic E-state index is 0. The van der Waals surface area contributed by atoms with E-state index in [0.717, 1.165) is 42.9 Å². The molecule has 1 aliphatic heterocycles. The first-order valence-corrected chi connectivity index (χ1v) is 10.3. The van der Waals surface area contributed by atoms with Crippen LogP contribution < -0.4 is 10.6 Å². The number of halogens is 1. The molecule has 28 heavy (non-hydrogen) atoms. The fourth-order valence-electron chi connectivity index (χ4n) is 3.65. The molecule has 1 saturated heterocycles. The molecule has 3 rings (SSSR count). The summed E-state index contributed by atoms with van der Waals surface area (Å²) in [6, 6.07) is 5.90. The zero-order valence-corrected chi connectivity index (χ0v) is 19.4. The van der Waals surface area contributed by atoms with Crippen LogP contribution >= 0.6 is 24.0 Å². The van der Waals surface area contributed by atoms with Crippen molar-refractivity contribution in [1.82, 2.24) is 30.1 Å². The lowest BCUT2D eigenvalue weighted by Crippen LogP contribution is -2.38. The van der Waals surface area contributed by atoms with Crippen molar-refractivity contribution >= 4 is 35.6 Å².